The summed E-state index contributed by atoms with van der Waals surface area (Å²) in [6, 6.07) is 5.92. The molecule has 1 unspecified atom stereocenters. The maximum absolute atomic E-state index is 11.1. The van der Waals surface area contributed by atoms with Crippen LogP contribution in [0.25, 0.3) is 0 Å². The van der Waals surface area contributed by atoms with Crippen LogP contribution in [0, 0.1) is 19.8 Å². The van der Waals surface area contributed by atoms with E-state index in [-0.39, 0.29) is 11.7 Å². The highest BCUT2D eigenvalue weighted by Crippen LogP contribution is 2.23. The molecule has 1 rings (SSSR count). The normalized spacial score (nSPS) is 13.3. The molecular weight excluding hydrogens is 272 g/mol. The number of halogens is 1. The average Bonchev–Trinajstić information content (AvgIpc) is 2.25. The second-order valence-electron chi connectivity index (χ2n) is 4.51. The van der Waals surface area contributed by atoms with Gasteiger partial charge in [0.15, 0.2) is 0 Å². The van der Waals surface area contributed by atoms with Gasteiger partial charge in [-0.15, -0.1) is 0 Å². The molecular formula is C13H19ClO3S. The van der Waals surface area contributed by atoms with Crippen molar-refractivity contribution in [1.82, 2.24) is 0 Å². The maximum atomic E-state index is 11.1. The van der Waals surface area contributed by atoms with Crippen molar-refractivity contribution in [2.24, 2.45) is 5.92 Å². The van der Waals surface area contributed by atoms with E-state index in [0.717, 1.165) is 23.3 Å². The van der Waals surface area contributed by atoms with E-state index < -0.39 is 9.05 Å². The van der Waals surface area contributed by atoms with Crippen molar-refractivity contribution in [2.75, 3.05) is 12.4 Å². The van der Waals surface area contributed by atoms with Crippen molar-refractivity contribution in [3.63, 3.8) is 0 Å². The number of hydrogen-bond donors (Lipinski definition) is 0. The molecule has 0 aliphatic carbocycles. The molecule has 1 aromatic carbocycles. The van der Waals surface area contributed by atoms with E-state index in [1.807, 2.05) is 39.0 Å². The third-order valence-electron chi connectivity index (χ3n) is 2.88. The molecule has 0 N–H and O–H groups in total. The molecule has 0 aliphatic heterocycles. The van der Waals surface area contributed by atoms with Gasteiger partial charge in [0.2, 0.25) is 9.05 Å². The second-order valence-corrected chi connectivity index (χ2v) is 7.33. The van der Waals surface area contributed by atoms with E-state index >= 15 is 0 Å². The molecule has 0 aromatic heterocycles. The largest absolute Gasteiger partial charge is 0.493 e. The summed E-state index contributed by atoms with van der Waals surface area (Å²) in [5, 5.41) is 0. The van der Waals surface area contributed by atoms with Gasteiger partial charge in [0.25, 0.3) is 0 Å². The first-order chi connectivity index (χ1) is 8.33. The van der Waals surface area contributed by atoms with Gasteiger partial charge in [0.1, 0.15) is 5.75 Å². The van der Waals surface area contributed by atoms with E-state index in [2.05, 4.69) is 0 Å². The zero-order chi connectivity index (χ0) is 13.8. The summed E-state index contributed by atoms with van der Waals surface area (Å²) in [4.78, 5) is 0. The van der Waals surface area contributed by atoms with Gasteiger partial charge in [0.05, 0.1) is 12.4 Å². The highest BCUT2D eigenvalue weighted by atomic mass is 35.7. The fraction of sp³-hybridized carbons (Fsp3) is 0.538. The summed E-state index contributed by atoms with van der Waals surface area (Å²) in [6.07, 6.45) is 0.719. The van der Waals surface area contributed by atoms with Gasteiger partial charge in [-0.1, -0.05) is 25.1 Å². The molecule has 0 heterocycles. The molecule has 0 spiro atoms. The maximum Gasteiger partial charge on any atom is 0.232 e. The number of rotatable bonds is 6. The number of aryl methyl sites for hydroxylation is 2. The third kappa shape index (κ3) is 4.86. The van der Waals surface area contributed by atoms with Crippen LogP contribution < -0.4 is 4.74 Å². The molecule has 1 atom stereocenters. The second kappa shape index (κ2) is 6.43. The minimum atomic E-state index is -3.47. The van der Waals surface area contributed by atoms with Crippen molar-refractivity contribution in [3.05, 3.63) is 29.3 Å². The first-order valence-corrected chi connectivity index (χ1v) is 8.42. The Labute approximate surface area is 114 Å². The minimum absolute atomic E-state index is 0.0457. The van der Waals surface area contributed by atoms with E-state index in [1.54, 1.807) is 0 Å². The molecule has 0 aliphatic rings. The summed E-state index contributed by atoms with van der Waals surface area (Å²) in [5.41, 5.74) is 2.11. The highest BCUT2D eigenvalue weighted by Gasteiger charge is 2.17. The van der Waals surface area contributed by atoms with Crippen molar-refractivity contribution in [1.29, 1.82) is 0 Å². The van der Waals surface area contributed by atoms with Crippen molar-refractivity contribution in [2.45, 2.75) is 27.2 Å². The van der Waals surface area contributed by atoms with Gasteiger partial charge < -0.3 is 4.74 Å². The lowest BCUT2D eigenvalue weighted by atomic mass is 10.1. The van der Waals surface area contributed by atoms with Gasteiger partial charge in [-0.05, 0) is 31.4 Å². The van der Waals surface area contributed by atoms with Crippen LogP contribution in [0.1, 0.15) is 24.5 Å². The molecule has 102 valence electrons. The average molecular weight is 291 g/mol. The monoisotopic (exact) mass is 290 g/mol. The summed E-state index contributed by atoms with van der Waals surface area (Å²) < 4.78 is 27.9. The Hall–Kier alpha value is -0.740. The Morgan fingerprint density at radius 2 is 1.83 bits per heavy atom. The lowest BCUT2D eigenvalue weighted by Gasteiger charge is -2.17. The number of benzene rings is 1. The quantitative estimate of drug-likeness (QED) is 0.755. The number of ether oxygens (including phenoxy) is 1. The highest BCUT2D eigenvalue weighted by molar-refractivity contribution is 8.13. The van der Waals surface area contributed by atoms with Gasteiger partial charge >= 0.3 is 0 Å². The molecule has 0 amide bonds. The molecule has 0 bridgehead atoms. The van der Waals surface area contributed by atoms with Crippen LogP contribution >= 0.6 is 10.7 Å². The zero-order valence-corrected chi connectivity index (χ0v) is 12.5. The van der Waals surface area contributed by atoms with Crippen LogP contribution in [0.5, 0.6) is 5.75 Å². The summed E-state index contributed by atoms with van der Waals surface area (Å²) in [5.74, 6) is 0.713. The van der Waals surface area contributed by atoms with Crippen LogP contribution in [-0.4, -0.2) is 20.8 Å². The standard InChI is InChI=1S/C13H19ClO3S/c1-4-12(9-18(14,15)16)8-17-13-10(2)6-5-7-11(13)3/h5-7,12H,4,8-9H2,1-3H3. The van der Waals surface area contributed by atoms with Crippen molar-refractivity contribution in [3.8, 4) is 5.75 Å². The van der Waals surface area contributed by atoms with E-state index in [0.29, 0.717) is 6.61 Å². The van der Waals surface area contributed by atoms with Crippen LogP contribution in [-0.2, 0) is 9.05 Å². The molecule has 0 radical (unpaired) electrons. The minimum Gasteiger partial charge on any atom is -0.493 e. The van der Waals surface area contributed by atoms with Crippen LogP contribution in [0.3, 0.4) is 0 Å². The molecule has 18 heavy (non-hydrogen) atoms. The topological polar surface area (TPSA) is 43.4 Å². The summed E-state index contributed by atoms with van der Waals surface area (Å²) in [7, 11) is 1.80. The molecule has 0 saturated heterocycles. The first-order valence-electron chi connectivity index (χ1n) is 5.94. The smallest absolute Gasteiger partial charge is 0.232 e. The van der Waals surface area contributed by atoms with Crippen LogP contribution in [0.4, 0.5) is 0 Å². The predicted molar refractivity (Wildman–Crippen MR) is 74.8 cm³/mol. The molecule has 1 aromatic rings. The molecule has 3 nitrogen and oxygen atoms in total. The Morgan fingerprint density at radius 1 is 1.28 bits per heavy atom. The van der Waals surface area contributed by atoms with Crippen LogP contribution in [0.15, 0.2) is 18.2 Å². The van der Waals surface area contributed by atoms with E-state index in [9.17, 15) is 8.42 Å². The number of para-hydroxylation sites is 1. The SMILES string of the molecule is CCC(COc1c(C)cccc1C)CS(=O)(=O)Cl. The van der Waals surface area contributed by atoms with Gasteiger partial charge in [-0.3, -0.25) is 0 Å². The number of hydrogen-bond acceptors (Lipinski definition) is 3. The third-order valence-corrected chi connectivity index (χ3v) is 4.13. The van der Waals surface area contributed by atoms with E-state index in [4.69, 9.17) is 15.4 Å². The molecule has 0 fully saturated rings. The Bertz CT molecular complexity index is 477. The Kier molecular flexibility index (Phi) is 5.47. The van der Waals surface area contributed by atoms with Crippen molar-refractivity contribution >= 4 is 19.7 Å². The summed E-state index contributed by atoms with van der Waals surface area (Å²) in [6.45, 7) is 6.25. The van der Waals surface area contributed by atoms with Gasteiger partial charge in [0, 0.05) is 16.6 Å². The predicted octanol–water partition coefficient (Wildman–Crippen LogP) is 3.28. The van der Waals surface area contributed by atoms with Gasteiger partial charge in [-0.2, -0.15) is 0 Å². The Morgan fingerprint density at radius 3 is 2.28 bits per heavy atom. The lowest BCUT2D eigenvalue weighted by molar-refractivity contribution is 0.255. The van der Waals surface area contributed by atoms with E-state index in [1.165, 1.54) is 0 Å². The van der Waals surface area contributed by atoms with Crippen molar-refractivity contribution < 1.29 is 13.2 Å². The summed E-state index contributed by atoms with van der Waals surface area (Å²) >= 11 is 0. The fourth-order valence-electron chi connectivity index (χ4n) is 1.79. The van der Waals surface area contributed by atoms with Crippen LogP contribution in [0.2, 0.25) is 0 Å². The lowest BCUT2D eigenvalue weighted by Crippen LogP contribution is -2.19. The first kappa shape index (κ1) is 15.3. The van der Waals surface area contributed by atoms with Gasteiger partial charge in [-0.25, -0.2) is 8.42 Å². The molecule has 0 saturated carbocycles. The fourth-order valence-corrected chi connectivity index (χ4v) is 3.22. The molecule has 5 heteroatoms. The Balaban J connectivity index is 2.69. The zero-order valence-electron chi connectivity index (χ0n) is 10.9.